The van der Waals surface area contributed by atoms with E-state index in [1.54, 1.807) is 6.20 Å². The molecular formula is C19H21N5. The van der Waals surface area contributed by atoms with Crippen molar-refractivity contribution in [2.24, 2.45) is 0 Å². The number of fused-ring (bicyclic) bond motifs is 2. The van der Waals surface area contributed by atoms with Gasteiger partial charge in [0.1, 0.15) is 17.2 Å². The molecule has 5 nitrogen and oxygen atoms in total. The zero-order chi connectivity index (χ0) is 16.3. The van der Waals surface area contributed by atoms with E-state index in [4.69, 9.17) is 10.7 Å². The van der Waals surface area contributed by atoms with E-state index in [0.717, 1.165) is 23.5 Å². The van der Waals surface area contributed by atoms with Crippen molar-refractivity contribution in [3.05, 3.63) is 53.2 Å². The predicted octanol–water partition coefficient (Wildman–Crippen LogP) is 3.60. The van der Waals surface area contributed by atoms with Crippen LogP contribution in [0.2, 0.25) is 0 Å². The average molecular weight is 319 g/mol. The van der Waals surface area contributed by atoms with Crippen LogP contribution in [0.1, 0.15) is 53.9 Å². The van der Waals surface area contributed by atoms with Crippen molar-refractivity contribution in [3.8, 4) is 0 Å². The standard InChI is InChI=1S/C19H21N5/c1-11-5-6-13-10-15(22-14(13)9-11)16-17-18(20)21-7-8-24(17)19(23-16)12-3-2-4-12/h5-9,12,15,22H,2-4,10H2,1H3,(H2,20,21). The van der Waals surface area contributed by atoms with Crippen LogP contribution in [0.3, 0.4) is 0 Å². The number of nitrogens with one attached hydrogen (secondary N) is 1. The number of aryl methyl sites for hydroxylation is 1. The summed E-state index contributed by atoms with van der Waals surface area (Å²) in [7, 11) is 0. The highest BCUT2D eigenvalue weighted by atomic mass is 15.1. The van der Waals surface area contributed by atoms with E-state index in [1.807, 2.05) is 6.20 Å². The Morgan fingerprint density at radius 2 is 2.17 bits per heavy atom. The number of nitrogens with zero attached hydrogens (tertiary/aromatic N) is 3. The lowest BCUT2D eigenvalue weighted by molar-refractivity contribution is 0.399. The van der Waals surface area contributed by atoms with Crippen LogP contribution < -0.4 is 11.1 Å². The van der Waals surface area contributed by atoms with E-state index in [2.05, 4.69) is 39.8 Å². The second-order valence-electron chi connectivity index (χ2n) is 7.08. The number of rotatable bonds is 2. The van der Waals surface area contributed by atoms with E-state index in [1.165, 1.54) is 36.1 Å². The SMILES string of the molecule is Cc1ccc2c(c1)NC(c1nc(C3CCC3)n3ccnc(N)c13)C2. The highest BCUT2D eigenvalue weighted by molar-refractivity contribution is 5.72. The lowest BCUT2D eigenvalue weighted by atomic mass is 9.85. The Morgan fingerprint density at radius 1 is 1.29 bits per heavy atom. The van der Waals surface area contributed by atoms with Gasteiger partial charge < -0.3 is 11.1 Å². The monoisotopic (exact) mass is 319 g/mol. The molecule has 1 aliphatic heterocycles. The summed E-state index contributed by atoms with van der Waals surface area (Å²) in [4.78, 5) is 9.35. The first-order valence-corrected chi connectivity index (χ1v) is 8.69. The molecule has 3 N–H and O–H groups in total. The number of anilines is 2. The Kier molecular flexibility index (Phi) is 2.86. The van der Waals surface area contributed by atoms with Gasteiger partial charge in [0.15, 0.2) is 0 Å². The maximum absolute atomic E-state index is 6.23. The summed E-state index contributed by atoms with van der Waals surface area (Å²) in [5.41, 5.74) is 12.1. The first-order chi connectivity index (χ1) is 11.7. The molecule has 1 aromatic carbocycles. The molecule has 0 spiro atoms. The highest BCUT2D eigenvalue weighted by Gasteiger charge is 2.31. The van der Waals surface area contributed by atoms with Gasteiger partial charge in [-0.05, 0) is 37.0 Å². The van der Waals surface area contributed by atoms with Crippen LogP contribution in [0, 0.1) is 6.92 Å². The minimum Gasteiger partial charge on any atom is -0.382 e. The van der Waals surface area contributed by atoms with Crippen LogP contribution in [0.4, 0.5) is 11.5 Å². The molecule has 1 unspecified atom stereocenters. The van der Waals surface area contributed by atoms with Crippen LogP contribution in [-0.4, -0.2) is 14.4 Å². The molecule has 3 heterocycles. The molecule has 1 atom stereocenters. The van der Waals surface area contributed by atoms with Crippen molar-refractivity contribution in [2.45, 2.75) is 44.6 Å². The third kappa shape index (κ3) is 1.94. The van der Waals surface area contributed by atoms with Crippen LogP contribution in [0.15, 0.2) is 30.6 Å². The molecule has 122 valence electrons. The summed E-state index contributed by atoms with van der Waals surface area (Å²) in [5, 5.41) is 3.64. The van der Waals surface area contributed by atoms with E-state index in [-0.39, 0.29) is 6.04 Å². The molecule has 2 aliphatic rings. The third-order valence-corrected chi connectivity index (χ3v) is 5.46. The smallest absolute Gasteiger partial charge is 0.149 e. The summed E-state index contributed by atoms with van der Waals surface area (Å²) < 4.78 is 2.16. The largest absolute Gasteiger partial charge is 0.382 e. The summed E-state index contributed by atoms with van der Waals surface area (Å²) in [6.45, 7) is 2.12. The maximum Gasteiger partial charge on any atom is 0.149 e. The first-order valence-electron chi connectivity index (χ1n) is 8.69. The van der Waals surface area contributed by atoms with Gasteiger partial charge >= 0.3 is 0 Å². The minimum absolute atomic E-state index is 0.164. The van der Waals surface area contributed by atoms with Gasteiger partial charge in [0.05, 0.1) is 11.7 Å². The normalized spacial score (nSPS) is 20.0. The molecule has 1 aliphatic carbocycles. The third-order valence-electron chi connectivity index (χ3n) is 5.46. The molecule has 1 saturated carbocycles. The zero-order valence-electron chi connectivity index (χ0n) is 13.8. The van der Waals surface area contributed by atoms with E-state index < -0.39 is 0 Å². The lowest BCUT2D eigenvalue weighted by Gasteiger charge is -2.23. The van der Waals surface area contributed by atoms with E-state index in [0.29, 0.717) is 11.7 Å². The Labute approximate surface area is 140 Å². The summed E-state index contributed by atoms with van der Waals surface area (Å²) >= 11 is 0. The van der Waals surface area contributed by atoms with Gasteiger partial charge in [0.25, 0.3) is 0 Å². The fourth-order valence-electron chi connectivity index (χ4n) is 3.94. The van der Waals surface area contributed by atoms with Crippen molar-refractivity contribution in [3.63, 3.8) is 0 Å². The van der Waals surface area contributed by atoms with Crippen molar-refractivity contribution < 1.29 is 0 Å². The number of hydrogen-bond acceptors (Lipinski definition) is 4. The number of benzene rings is 1. The number of hydrogen-bond donors (Lipinski definition) is 2. The Bertz CT molecular complexity index is 938. The van der Waals surface area contributed by atoms with Gasteiger partial charge in [-0.15, -0.1) is 0 Å². The van der Waals surface area contributed by atoms with Crippen molar-refractivity contribution >= 4 is 17.0 Å². The molecular weight excluding hydrogens is 298 g/mol. The Morgan fingerprint density at radius 3 is 2.96 bits per heavy atom. The fraction of sp³-hybridized carbons (Fsp3) is 0.368. The van der Waals surface area contributed by atoms with Gasteiger partial charge in [0, 0.05) is 30.4 Å². The van der Waals surface area contributed by atoms with Gasteiger partial charge in [-0.2, -0.15) is 0 Å². The van der Waals surface area contributed by atoms with Crippen molar-refractivity contribution in [2.75, 3.05) is 11.1 Å². The van der Waals surface area contributed by atoms with Crippen LogP contribution >= 0.6 is 0 Å². The van der Waals surface area contributed by atoms with Gasteiger partial charge in [-0.1, -0.05) is 18.6 Å². The second-order valence-corrected chi connectivity index (χ2v) is 7.08. The first kappa shape index (κ1) is 13.8. The van der Waals surface area contributed by atoms with Crippen molar-refractivity contribution in [1.29, 1.82) is 0 Å². The second kappa shape index (κ2) is 4.97. The summed E-state index contributed by atoms with van der Waals surface area (Å²) in [5.74, 6) is 2.27. The van der Waals surface area contributed by atoms with Crippen LogP contribution in [-0.2, 0) is 6.42 Å². The molecule has 0 radical (unpaired) electrons. The minimum atomic E-state index is 0.164. The Hall–Kier alpha value is -2.56. The number of aromatic nitrogens is 3. The molecule has 1 fully saturated rings. The fourth-order valence-corrected chi connectivity index (χ4v) is 3.94. The molecule has 3 aromatic rings. The van der Waals surface area contributed by atoms with Gasteiger partial charge in [-0.3, -0.25) is 4.40 Å². The molecule has 0 saturated heterocycles. The lowest BCUT2D eigenvalue weighted by Crippen LogP contribution is -2.13. The molecule has 0 amide bonds. The van der Waals surface area contributed by atoms with E-state index in [9.17, 15) is 0 Å². The van der Waals surface area contributed by atoms with Gasteiger partial charge in [0.2, 0.25) is 0 Å². The molecule has 5 heteroatoms. The van der Waals surface area contributed by atoms with Gasteiger partial charge in [-0.25, -0.2) is 9.97 Å². The maximum atomic E-state index is 6.23. The predicted molar refractivity (Wildman–Crippen MR) is 95.2 cm³/mol. The number of nitrogens with two attached hydrogens (primary N) is 1. The topological polar surface area (TPSA) is 68.2 Å². The molecule has 0 bridgehead atoms. The molecule has 2 aromatic heterocycles. The zero-order valence-corrected chi connectivity index (χ0v) is 13.8. The summed E-state index contributed by atoms with van der Waals surface area (Å²) in [6, 6.07) is 6.76. The quantitative estimate of drug-likeness (QED) is 0.757. The van der Waals surface area contributed by atoms with Crippen LogP contribution in [0.5, 0.6) is 0 Å². The Balaban J connectivity index is 1.63. The highest BCUT2D eigenvalue weighted by Crippen LogP contribution is 2.41. The van der Waals surface area contributed by atoms with Crippen LogP contribution in [0.25, 0.3) is 5.52 Å². The average Bonchev–Trinajstić information content (AvgIpc) is 3.08. The number of imidazole rings is 1. The molecule has 5 rings (SSSR count). The molecule has 24 heavy (non-hydrogen) atoms. The summed E-state index contributed by atoms with van der Waals surface area (Å²) in [6.07, 6.45) is 8.46. The van der Waals surface area contributed by atoms with E-state index >= 15 is 0 Å². The van der Waals surface area contributed by atoms with Crippen molar-refractivity contribution in [1.82, 2.24) is 14.4 Å². The number of nitrogen functional groups attached to an aromatic ring is 1.